The van der Waals surface area contributed by atoms with Crippen LogP contribution in [0.3, 0.4) is 0 Å². The summed E-state index contributed by atoms with van der Waals surface area (Å²) in [6.45, 7) is 3.81. The van der Waals surface area contributed by atoms with Crippen LogP contribution in [0, 0.1) is 17.8 Å². The van der Waals surface area contributed by atoms with Gasteiger partial charge in [-0.25, -0.2) is 9.97 Å². The second kappa shape index (κ2) is 6.59. The Morgan fingerprint density at radius 1 is 1.21 bits per heavy atom. The van der Waals surface area contributed by atoms with E-state index in [0.717, 1.165) is 58.5 Å². The molecular formula is C26H27N5O2. The Balaban J connectivity index is 1.35. The van der Waals surface area contributed by atoms with Crippen LogP contribution in [0.4, 0.5) is 0 Å². The lowest BCUT2D eigenvalue weighted by Gasteiger charge is -2.52. The fourth-order valence-corrected chi connectivity index (χ4v) is 6.77. The number of rotatable bonds is 4. The van der Waals surface area contributed by atoms with Gasteiger partial charge in [-0.1, -0.05) is 0 Å². The van der Waals surface area contributed by atoms with Crippen LogP contribution in [0.1, 0.15) is 30.1 Å². The van der Waals surface area contributed by atoms with Crippen LogP contribution < -0.4 is 4.74 Å². The first-order valence-electron chi connectivity index (χ1n) is 11.9. The zero-order chi connectivity index (χ0) is 22.4. The summed E-state index contributed by atoms with van der Waals surface area (Å²) in [7, 11) is 3.67. The van der Waals surface area contributed by atoms with E-state index in [-0.39, 0.29) is 5.91 Å². The molecule has 0 radical (unpaired) electrons. The zero-order valence-corrected chi connectivity index (χ0v) is 19.2. The topological polar surface area (TPSA) is 65.2 Å². The largest absolute Gasteiger partial charge is 0.494 e. The smallest absolute Gasteiger partial charge is 0.254 e. The van der Waals surface area contributed by atoms with Gasteiger partial charge in [-0.2, -0.15) is 0 Å². The molecule has 7 rings (SSSR count). The predicted molar refractivity (Wildman–Crippen MR) is 126 cm³/mol. The standard InChI is InChI=1S/C26H27N5O2/c1-4-30-20(10-14-6-5-7-27-24(14)30)25-28-18-9-16(12-21(33-3)23(18)29(25)2)26(32)31-13-17-8-15-11-19(31)22(15)17/h5-7,9-10,12,15,17,19,22H,4,8,11,13H2,1-3H3/t15?,17-,19-,22-/m1/s1. The summed E-state index contributed by atoms with van der Waals surface area (Å²) >= 11 is 0. The summed E-state index contributed by atoms with van der Waals surface area (Å²) in [4.78, 5) is 25.2. The minimum Gasteiger partial charge on any atom is -0.494 e. The molecule has 3 aliphatic rings. The van der Waals surface area contributed by atoms with Gasteiger partial charge in [0.1, 0.15) is 16.9 Å². The maximum absolute atomic E-state index is 13.5. The second-order valence-corrected chi connectivity index (χ2v) is 9.82. The molecule has 33 heavy (non-hydrogen) atoms. The van der Waals surface area contributed by atoms with Gasteiger partial charge in [0.05, 0.1) is 18.3 Å². The number of benzene rings is 1. The molecule has 0 bridgehead atoms. The van der Waals surface area contributed by atoms with E-state index < -0.39 is 0 Å². The van der Waals surface area contributed by atoms with Crippen LogP contribution in [-0.4, -0.2) is 49.6 Å². The third-order valence-electron chi connectivity index (χ3n) is 8.38. The van der Waals surface area contributed by atoms with Gasteiger partial charge in [0.25, 0.3) is 5.91 Å². The highest BCUT2D eigenvalue weighted by Gasteiger charge is 2.61. The van der Waals surface area contributed by atoms with E-state index in [1.807, 2.05) is 31.4 Å². The minimum absolute atomic E-state index is 0.118. The minimum atomic E-state index is 0.118. The van der Waals surface area contributed by atoms with Crippen molar-refractivity contribution in [3.8, 4) is 17.3 Å². The van der Waals surface area contributed by atoms with Crippen LogP contribution in [0.2, 0.25) is 0 Å². The van der Waals surface area contributed by atoms with E-state index in [9.17, 15) is 4.79 Å². The van der Waals surface area contributed by atoms with Crippen molar-refractivity contribution in [2.45, 2.75) is 32.4 Å². The molecule has 1 aromatic carbocycles. The van der Waals surface area contributed by atoms with Crippen molar-refractivity contribution in [1.29, 1.82) is 0 Å². The molecule has 1 aliphatic heterocycles. The number of nitrogens with zero attached hydrogens (tertiary/aromatic N) is 5. The highest BCUT2D eigenvalue weighted by molar-refractivity contribution is 6.00. The van der Waals surface area contributed by atoms with Gasteiger partial charge in [0, 0.05) is 43.3 Å². The van der Waals surface area contributed by atoms with Gasteiger partial charge < -0.3 is 18.8 Å². The third-order valence-corrected chi connectivity index (χ3v) is 8.38. The van der Waals surface area contributed by atoms with E-state index in [1.54, 1.807) is 7.11 Å². The number of ether oxygens (including phenoxy) is 1. The Kier molecular flexibility index (Phi) is 3.82. The number of hydrogen-bond acceptors (Lipinski definition) is 4. The first-order chi connectivity index (χ1) is 16.1. The summed E-state index contributed by atoms with van der Waals surface area (Å²) < 4.78 is 10.0. The molecule has 7 heteroatoms. The van der Waals surface area contributed by atoms with Crippen molar-refractivity contribution in [3.05, 3.63) is 42.1 Å². The quantitative estimate of drug-likeness (QED) is 0.478. The molecule has 4 atom stereocenters. The Labute approximate surface area is 192 Å². The van der Waals surface area contributed by atoms with E-state index in [4.69, 9.17) is 9.72 Å². The van der Waals surface area contributed by atoms with Crippen LogP contribution in [0.15, 0.2) is 36.5 Å². The number of aromatic nitrogens is 4. The average Bonchev–Trinajstić information content (AvgIpc) is 3.35. The molecule has 0 N–H and O–H groups in total. The van der Waals surface area contributed by atoms with Crippen molar-refractivity contribution < 1.29 is 9.53 Å². The van der Waals surface area contributed by atoms with Gasteiger partial charge >= 0.3 is 0 Å². The van der Waals surface area contributed by atoms with Gasteiger partial charge in [0.15, 0.2) is 5.82 Å². The number of carbonyl (C=O) groups excluding carboxylic acids is 1. The van der Waals surface area contributed by atoms with Crippen molar-refractivity contribution in [2.24, 2.45) is 24.8 Å². The maximum atomic E-state index is 13.5. The summed E-state index contributed by atoms with van der Waals surface area (Å²) in [6.07, 6.45) is 4.30. The van der Waals surface area contributed by atoms with Crippen LogP contribution >= 0.6 is 0 Å². The lowest BCUT2D eigenvalue weighted by molar-refractivity contribution is -0.0204. The fraction of sp³-hybridized carbons (Fsp3) is 0.423. The maximum Gasteiger partial charge on any atom is 0.254 e. The lowest BCUT2D eigenvalue weighted by Crippen LogP contribution is -2.53. The summed E-state index contributed by atoms with van der Waals surface area (Å²) in [6, 6.07) is 10.4. The molecule has 7 nitrogen and oxygen atoms in total. The van der Waals surface area contributed by atoms with E-state index >= 15 is 0 Å². The molecule has 3 fully saturated rings. The molecule has 168 valence electrons. The number of amides is 1. The van der Waals surface area contributed by atoms with Crippen molar-refractivity contribution >= 4 is 28.0 Å². The van der Waals surface area contributed by atoms with Gasteiger partial charge in [0.2, 0.25) is 0 Å². The summed E-state index contributed by atoms with van der Waals surface area (Å²) in [5, 5.41) is 1.09. The van der Waals surface area contributed by atoms with E-state index in [2.05, 4.69) is 38.1 Å². The molecule has 4 heterocycles. The third kappa shape index (κ3) is 2.42. The number of hydrogen-bond donors (Lipinski definition) is 0. The summed E-state index contributed by atoms with van der Waals surface area (Å²) in [5.74, 6) is 3.98. The summed E-state index contributed by atoms with van der Waals surface area (Å²) in [5.41, 5.74) is 4.31. The number of pyridine rings is 1. The average molecular weight is 442 g/mol. The van der Waals surface area contributed by atoms with Gasteiger partial charge in [-0.3, -0.25) is 4.79 Å². The number of likely N-dealkylation sites (tertiary alicyclic amines) is 1. The Morgan fingerprint density at radius 3 is 2.85 bits per heavy atom. The highest BCUT2D eigenvalue weighted by atomic mass is 16.5. The highest BCUT2D eigenvalue weighted by Crippen LogP contribution is 2.60. The number of imidazole rings is 1. The number of fused-ring (bicyclic) bond motifs is 2. The molecule has 2 aliphatic carbocycles. The second-order valence-electron chi connectivity index (χ2n) is 9.82. The number of methoxy groups -OCH3 is 1. The van der Waals surface area contributed by atoms with Crippen molar-refractivity contribution in [3.63, 3.8) is 0 Å². The van der Waals surface area contributed by atoms with Crippen molar-refractivity contribution in [1.82, 2.24) is 24.0 Å². The predicted octanol–water partition coefficient (Wildman–Crippen LogP) is 4.10. The van der Waals surface area contributed by atoms with Crippen LogP contribution in [0.5, 0.6) is 5.75 Å². The molecule has 1 unspecified atom stereocenters. The van der Waals surface area contributed by atoms with Crippen molar-refractivity contribution in [2.75, 3.05) is 13.7 Å². The first kappa shape index (κ1) is 19.1. The molecule has 0 spiro atoms. The molecule has 1 saturated heterocycles. The van der Waals surface area contributed by atoms with E-state index in [0.29, 0.717) is 23.3 Å². The number of aryl methyl sites for hydroxylation is 2. The molecule has 1 amide bonds. The monoisotopic (exact) mass is 441 g/mol. The normalized spacial score (nSPS) is 25.2. The van der Waals surface area contributed by atoms with Gasteiger partial charge in [-0.05, 0) is 67.9 Å². The number of carbonyl (C=O) groups is 1. The SMILES string of the molecule is CCn1c(-c2nc3cc(C(=O)N4C[C@H]5CC6C[C@@H]4[C@H]65)cc(OC)c3n2C)cc2cccnc21. The molecule has 3 aromatic heterocycles. The fourth-order valence-electron chi connectivity index (χ4n) is 6.77. The van der Waals surface area contributed by atoms with Crippen LogP contribution in [0.25, 0.3) is 33.6 Å². The van der Waals surface area contributed by atoms with E-state index in [1.165, 1.54) is 12.8 Å². The zero-order valence-electron chi connectivity index (χ0n) is 19.2. The molecular weight excluding hydrogens is 414 g/mol. The van der Waals surface area contributed by atoms with Gasteiger partial charge in [-0.15, -0.1) is 0 Å². The Morgan fingerprint density at radius 2 is 2.09 bits per heavy atom. The first-order valence-corrected chi connectivity index (χ1v) is 11.9. The Bertz CT molecular complexity index is 1450. The Hall–Kier alpha value is -3.35. The lowest BCUT2D eigenvalue weighted by atomic mass is 9.53. The molecule has 4 aromatic rings. The molecule has 2 saturated carbocycles. The van der Waals surface area contributed by atoms with Crippen LogP contribution in [-0.2, 0) is 13.6 Å².